The molecular formula is C12H13ClN4O3. The van der Waals surface area contributed by atoms with Gasteiger partial charge in [-0.05, 0) is 12.1 Å². The maximum atomic E-state index is 11.2. The van der Waals surface area contributed by atoms with Crippen LogP contribution in [0.25, 0.3) is 11.4 Å². The standard InChI is InChI=1S/C12H13ClN4O3/c13-9-4-2-1-3-8(9)12-15-11(10(14)19)16-17(12)7-20-6-5-18/h1-4,18H,5-7H2,(H2,14,19). The van der Waals surface area contributed by atoms with E-state index in [4.69, 9.17) is 27.2 Å². The molecule has 20 heavy (non-hydrogen) atoms. The number of halogens is 1. The van der Waals surface area contributed by atoms with Crippen molar-refractivity contribution in [3.8, 4) is 11.4 Å². The molecule has 0 saturated carbocycles. The summed E-state index contributed by atoms with van der Waals surface area (Å²) < 4.78 is 6.55. The van der Waals surface area contributed by atoms with E-state index < -0.39 is 5.91 Å². The van der Waals surface area contributed by atoms with Crippen LogP contribution in [0.4, 0.5) is 0 Å². The van der Waals surface area contributed by atoms with Crippen molar-refractivity contribution in [3.63, 3.8) is 0 Å². The Bertz CT molecular complexity index is 614. The topological polar surface area (TPSA) is 103 Å². The Kier molecular flexibility index (Phi) is 4.67. The van der Waals surface area contributed by atoms with Crippen molar-refractivity contribution in [1.29, 1.82) is 0 Å². The lowest BCUT2D eigenvalue weighted by atomic mass is 10.2. The van der Waals surface area contributed by atoms with Crippen LogP contribution in [0.5, 0.6) is 0 Å². The maximum absolute atomic E-state index is 11.2. The van der Waals surface area contributed by atoms with Crippen LogP contribution in [0.15, 0.2) is 24.3 Å². The molecular weight excluding hydrogens is 284 g/mol. The number of hydrogen-bond donors (Lipinski definition) is 2. The number of benzene rings is 1. The number of carbonyl (C=O) groups excluding carboxylic acids is 1. The first kappa shape index (κ1) is 14.4. The van der Waals surface area contributed by atoms with Gasteiger partial charge < -0.3 is 15.6 Å². The minimum Gasteiger partial charge on any atom is -0.394 e. The van der Waals surface area contributed by atoms with Crippen LogP contribution < -0.4 is 5.73 Å². The summed E-state index contributed by atoms with van der Waals surface area (Å²) in [5.41, 5.74) is 5.79. The highest BCUT2D eigenvalue weighted by atomic mass is 35.5. The summed E-state index contributed by atoms with van der Waals surface area (Å²) in [5, 5.41) is 13.1. The molecule has 0 fully saturated rings. The van der Waals surface area contributed by atoms with E-state index in [0.717, 1.165) is 0 Å². The molecule has 1 amide bonds. The van der Waals surface area contributed by atoms with Gasteiger partial charge in [-0.2, -0.15) is 0 Å². The number of nitrogens with two attached hydrogens (primary N) is 1. The summed E-state index contributed by atoms with van der Waals surface area (Å²) in [4.78, 5) is 15.3. The molecule has 0 saturated heterocycles. The van der Waals surface area contributed by atoms with Gasteiger partial charge >= 0.3 is 0 Å². The molecule has 106 valence electrons. The van der Waals surface area contributed by atoms with Gasteiger partial charge in [0.25, 0.3) is 5.91 Å². The molecule has 1 heterocycles. The van der Waals surface area contributed by atoms with Crippen LogP contribution in [0.1, 0.15) is 10.6 Å². The van der Waals surface area contributed by atoms with Gasteiger partial charge in [-0.25, -0.2) is 9.67 Å². The van der Waals surface area contributed by atoms with Gasteiger partial charge in [0, 0.05) is 5.56 Å². The minimum atomic E-state index is -0.737. The number of ether oxygens (including phenoxy) is 1. The van der Waals surface area contributed by atoms with E-state index in [9.17, 15) is 4.79 Å². The Morgan fingerprint density at radius 1 is 1.45 bits per heavy atom. The summed E-state index contributed by atoms with van der Waals surface area (Å²) in [7, 11) is 0. The first-order valence-corrected chi connectivity index (χ1v) is 6.19. The van der Waals surface area contributed by atoms with Crippen LogP contribution in [0.3, 0.4) is 0 Å². The predicted octanol–water partition coefficient (Wildman–Crippen LogP) is 0.664. The first-order valence-electron chi connectivity index (χ1n) is 5.81. The highest BCUT2D eigenvalue weighted by molar-refractivity contribution is 6.33. The van der Waals surface area contributed by atoms with Crippen molar-refractivity contribution >= 4 is 17.5 Å². The number of amides is 1. The van der Waals surface area contributed by atoms with Crippen LogP contribution in [-0.2, 0) is 11.5 Å². The average Bonchev–Trinajstić information content (AvgIpc) is 2.84. The summed E-state index contributed by atoms with van der Waals surface area (Å²) in [5.74, 6) is -0.478. The van der Waals surface area contributed by atoms with E-state index in [1.54, 1.807) is 24.3 Å². The third-order valence-corrected chi connectivity index (χ3v) is 2.79. The SMILES string of the molecule is NC(=O)c1nc(-c2ccccc2Cl)n(COCCO)n1. The summed E-state index contributed by atoms with van der Waals surface area (Å²) >= 11 is 6.10. The number of rotatable bonds is 6. The third kappa shape index (κ3) is 3.13. The monoisotopic (exact) mass is 296 g/mol. The quantitative estimate of drug-likeness (QED) is 0.762. The van der Waals surface area contributed by atoms with Crippen LogP contribution in [0.2, 0.25) is 5.02 Å². The number of nitrogens with zero attached hydrogens (tertiary/aromatic N) is 3. The molecule has 8 heteroatoms. The van der Waals surface area contributed by atoms with E-state index in [1.807, 2.05) is 0 Å². The lowest BCUT2D eigenvalue weighted by Gasteiger charge is -2.07. The first-order chi connectivity index (χ1) is 9.63. The Balaban J connectivity index is 2.39. The highest BCUT2D eigenvalue weighted by Crippen LogP contribution is 2.26. The van der Waals surface area contributed by atoms with Crippen molar-refractivity contribution in [1.82, 2.24) is 14.8 Å². The lowest BCUT2D eigenvalue weighted by Crippen LogP contribution is -2.14. The van der Waals surface area contributed by atoms with Crippen LogP contribution >= 0.6 is 11.6 Å². The van der Waals surface area contributed by atoms with Gasteiger partial charge in [-0.3, -0.25) is 4.79 Å². The predicted molar refractivity (Wildman–Crippen MR) is 72.0 cm³/mol. The Hall–Kier alpha value is -1.96. The highest BCUT2D eigenvalue weighted by Gasteiger charge is 2.17. The summed E-state index contributed by atoms with van der Waals surface area (Å²) in [6.07, 6.45) is 0. The smallest absolute Gasteiger partial charge is 0.288 e. The maximum Gasteiger partial charge on any atom is 0.288 e. The zero-order chi connectivity index (χ0) is 14.5. The molecule has 0 aliphatic rings. The number of aliphatic hydroxyl groups excluding tert-OH is 1. The fourth-order valence-electron chi connectivity index (χ4n) is 1.59. The number of carbonyl (C=O) groups is 1. The third-order valence-electron chi connectivity index (χ3n) is 2.46. The average molecular weight is 297 g/mol. The zero-order valence-electron chi connectivity index (χ0n) is 10.5. The number of hydrogen-bond acceptors (Lipinski definition) is 5. The molecule has 7 nitrogen and oxygen atoms in total. The van der Waals surface area contributed by atoms with Gasteiger partial charge in [0.15, 0.2) is 5.82 Å². The van der Waals surface area contributed by atoms with Crippen molar-refractivity contribution in [2.45, 2.75) is 6.73 Å². The molecule has 1 aromatic carbocycles. The van der Waals surface area contributed by atoms with Gasteiger partial charge in [0.2, 0.25) is 5.82 Å². The van der Waals surface area contributed by atoms with E-state index in [-0.39, 0.29) is 25.8 Å². The molecule has 0 aliphatic carbocycles. The summed E-state index contributed by atoms with van der Waals surface area (Å²) in [6.45, 7) is 0.0634. The van der Waals surface area contributed by atoms with Gasteiger partial charge in [0.1, 0.15) is 6.73 Å². The van der Waals surface area contributed by atoms with Crippen LogP contribution in [-0.4, -0.2) is 39.0 Å². The lowest BCUT2D eigenvalue weighted by molar-refractivity contribution is 0.0425. The molecule has 0 bridgehead atoms. The van der Waals surface area contributed by atoms with E-state index in [1.165, 1.54) is 4.68 Å². The number of aliphatic hydroxyl groups is 1. The van der Waals surface area contributed by atoms with Crippen LogP contribution in [0, 0.1) is 0 Å². The molecule has 0 spiro atoms. The second kappa shape index (κ2) is 6.47. The fourth-order valence-corrected chi connectivity index (χ4v) is 1.81. The van der Waals surface area contributed by atoms with Crippen molar-refractivity contribution in [2.75, 3.05) is 13.2 Å². The minimum absolute atomic E-state index is 0.0292. The summed E-state index contributed by atoms with van der Waals surface area (Å²) in [6, 6.07) is 7.02. The van der Waals surface area contributed by atoms with E-state index >= 15 is 0 Å². The molecule has 0 atom stereocenters. The Morgan fingerprint density at radius 3 is 2.85 bits per heavy atom. The fraction of sp³-hybridized carbons (Fsp3) is 0.250. The molecule has 3 N–H and O–H groups in total. The van der Waals surface area contributed by atoms with Gasteiger partial charge in [0.05, 0.1) is 18.2 Å². The number of aromatic nitrogens is 3. The molecule has 0 unspecified atom stereocenters. The van der Waals surface area contributed by atoms with E-state index in [0.29, 0.717) is 16.4 Å². The molecule has 2 rings (SSSR count). The molecule has 2 aromatic rings. The van der Waals surface area contributed by atoms with Crippen molar-refractivity contribution < 1.29 is 14.6 Å². The normalized spacial score (nSPS) is 10.7. The van der Waals surface area contributed by atoms with Crippen molar-refractivity contribution in [2.24, 2.45) is 5.73 Å². The Morgan fingerprint density at radius 2 is 2.20 bits per heavy atom. The largest absolute Gasteiger partial charge is 0.394 e. The second-order valence-corrected chi connectivity index (χ2v) is 4.27. The molecule has 0 aliphatic heterocycles. The molecule has 0 radical (unpaired) electrons. The van der Waals surface area contributed by atoms with Gasteiger partial charge in [-0.15, -0.1) is 5.10 Å². The second-order valence-electron chi connectivity index (χ2n) is 3.86. The van der Waals surface area contributed by atoms with Crippen molar-refractivity contribution in [3.05, 3.63) is 35.1 Å². The van der Waals surface area contributed by atoms with Gasteiger partial charge in [-0.1, -0.05) is 23.7 Å². The Labute approximate surface area is 119 Å². The van der Waals surface area contributed by atoms with E-state index in [2.05, 4.69) is 10.1 Å². The molecule has 1 aromatic heterocycles. The number of primary amides is 1. The zero-order valence-corrected chi connectivity index (χ0v) is 11.2.